The van der Waals surface area contributed by atoms with Gasteiger partial charge in [-0.25, -0.2) is 0 Å². The van der Waals surface area contributed by atoms with Crippen molar-refractivity contribution in [2.45, 2.75) is 25.8 Å². The molecule has 1 aliphatic rings. The fourth-order valence-corrected chi connectivity index (χ4v) is 2.44. The second-order valence-electron chi connectivity index (χ2n) is 5.35. The largest absolute Gasteiger partial charge is 0.492 e. The monoisotopic (exact) mass is 243 g/mol. The van der Waals surface area contributed by atoms with Gasteiger partial charge >= 0.3 is 0 Å². The van der Waals surface area contributed by atoms with Crippen LogP contribution in [-0.4, -0.2) is 6.61 Å². The Morgan fingerprint density at radius 1 is 1.28 bits per heavy atom. The molecule has 1 aromatic carbocycles. The van der Waals surface area contributed by atoms with Crippen LogP contribution in [0.15, 0.2) is 34.9 Å². The third-order valence-corrected chi connectivity index (χ3v) is 3.54. The van der Waals surface area contributed by atoms with Crippen molar-refractivity contribution in [2.24, 2.45) is 5.73 Å². The first-order valence-corrected chi connectivity index (χ1v) is 6.16. The molecule has 0 amide bonds. The van der Waals surface area contributed by atoms with Gasteiger partial charge < -0.3 is 14.9 Å². The van der Waals surface area contributed by atoms with E-state index in [1.54, 1.807) is 6.26 Å². The Bertz CT molecular complexity index is 584. The SMILES string of the molecule is CC1(C)COc2ccc(-c3ccoc3CN)cc21. The summed E-state index contributed by atoms with van der Waals surface area (Å²) >= 11 is 0. The summed E-state index contributed by atoms with van der Waals surface area (Å²) in [6, 6.07) is 8.25. The number of hydrogen-bond donors (Lipinski definition) is 1. The van der Waals surface area contributed by atoms with Crippen LogP contribution in [0.4, 0.5) is 0 Å². The maximum atomic E-state index is 5.69. The minimum atomic E-state index is 0.0674. The van der Waals surface area contributed by atoms with Crippen LogP contribution in [0.1, 0.15) is 25.2 Å². The summed E-state index contributed by atoms with van der Waals surface area (Å²) in [5.74, 6) is 1.81. The molecule has 2 heterocycles. The van der Waals surface area contributed by atoms with Gasteiger partial charge in [-0.2, -0.15) is 0 Å². The third-order valence-electron chi connectivity index (χ3n) is 3.54. The molecule has 2 N–H and O–H groups in total. The van der Waals surface area contributed by atoms with E-state index in [1.807, 2.05) is 12.1 Å². The molecule has 0 spiro atoms. The van der Waals surface area contributed by atoms with Crippen LogP contribution in [-0.2, 0) is 12.0 Å². The van der Waals surface area contributed by atoms with E-state index < -0.39 is 0 Å². The minimum Gasteiger partial charge on any atom is -0.492 e. The maximum absolute atomic E-state index is 5.69. The van der Waals surface area contributed by atoms with Crippen molar-refractivity contribution >= 4 is 0 Å². The van der Waals surface area contributed by atoms with Crippen molar-refractivity contribution < 1.29 is 9.15 Å². The average molecular weight is 243 g/mol. The quantitative estimate of drug-likeness (QED) is 0.881. The molecule has 0 fully saturated rings. The van der Waals surface area contributed by atoms with Crippen molar-refractivity contribution in [3.05, 3.63) is 41.9 Å². The summed E-state index contributed by atoms with van der Waals surface area (Å²) in [4.78, 5) is 0. The molecule has 1 aliphatic heterocycles. The fraction of sp³-hybridized carbons (Fsp3) is 0.333. The summed E-state index contributed by atoms with van der Waals surface area (Å²) in [6.07, 6.45) is 1.69. The molecule has 18 heavy (non-hydrogen) atoms. The first-order chi connectivity index (χ1) is 8.62. The molecule has 0 unspecified atom stereocenters. The van der Waals surface area contributed by atoms with Crippen molar-refractivity contribution in [1.82, 2.24) is 0 Å². The Labute approximate surface area is 107 Å². The first-order valence-electron chi connectivity index (χ1n) is 6.16. The van der Waals surface area contributed by atoms with E-state index in [-0.39, 0.29) is 5.41 Å². The van der Waals surface area contributed by atoms with Gasteiger partial charge in [-0.15, -0.1) is 0 Å². The standard InChI is InChI=1S/C15H17NO2/c1-15(2)9-18-13-4-3-10(7-12(13)15)11-5-6-17-14(11)8-16/h3-7H,8-9,16H2,1-2H3. The van der Waals surface area contributed by atoms with Crippen molar-refractivity contribution in [2.75, 3.05) is 6.61 Å². The Balaban J connectivity index is 2.11. The predicted molar refractivity (Wildman–Crippen MR) is 70.6 cm³/mol. The number of rotatable bonds is 2. The molecule has 3 nitrogen and oxygen atoms in total. The zero-order chi connectivity index (χ0) is 12.8. The van der Waals surface area contributed by atoms with Gasteiger partial charge in [-0.3, -0.25) is 0 Å². The van der Waals surface area contributed by atoms with E-state index >= 15 is 0 Å². The molecular weight excluding hydrogens is 226 g/mol. The van der Waals surface area contributed by atoms with Crippen LogP contribution in [0, 0.1) is 0 Å². The predicted octanol–water partition coefficient (Wildman–Crippen LogP) is 3.08. The summed E-state index contributed by atoms with van der Waals surface area (Å²) in [5.41, 5.74) is 9.21. The zero-order valence-corrected chi connectivity index (χ0v) is 10.7. The molecule has 0 aliphatic carbocycles. The molecule has 0 radical (unpaired) electrons. The van der Waals surface area contributed by atoms with E-state index in [2.05, 4.69) is 26.0 Å². The van der Waals surface area contributed by atoms with Crippen LogP contribution in [0.25, 0.3) is 11.1 Å². The van der Waals surface area contributed by atoms with Crippen LogP contribution >= 0.6 is 0 Å². The minimum absolute atomic E-state index is 0.0674. The zero-order valence-electron chi connectivity index (χ0n) is 10.7. The lowest BCUT2D eigenvalue weighted by Crippen LogP contribution is -2.18. The van der Waals surface area contributed by atoms with Gasteiger partial charge in [0, 0.05) is 16.5 Å². The number of fused-ring (bicyclic) bond motifs is 1. The molecule has 3 rings (SSSR count). The highest BCUT2D eigenvalue weighted by Gasteiger charge is 2.32. The van der Waals surface area contributed by atoms with E-state index in [9.17, 15) is 0 Å². The van der Waals surface area contributed by atoms with Crippen LogP contribution in [0.5, 0.6) is 5.75 Å². The summed E-state index contributed by atoms with van der Waals surface area (Å²) < 4.78 is 11.1. The summed E-state index contributed by atoms with van der Waals surface area (Å²) in [5, 5.41) is 0. The Morgan fingerprint density at radius 2 is 2.11 bits per heavy atom. The van der Waals surface area contributed by atoms with Crippen molar-refractivity contribution in [3.8, 4) is 16.9 Å². The number of ether oxygens (including phenoxy) is 1. The number of nitrogens with two attached hydrogens (primary N) is 1. The Hall–Kier alpha value is -1.74. The fourth-order valence-electron chi connectivity index (χ4n) is 2.44. The van der Waals surface area contributed by atoms with E-state index in [1.165, 1.54) is 5.56 Å². The molecule has 2 aromatic rings. The summed E-state index contributed by atoms with van der Waals surface area (Å²) in [6.45, 7) is 5.55. The van der Waals surface area contributed by atoms with Gasteiger partial charge in [0.1, 0.15) is 11.5 Å². The summed E-state index contributed by atoms with van der Waals surface area (Å²) in [7, 11) is 0. The van der Waals surface area contributed by atoms with Crippen molar-refractivity contribution in [1.29, 1.82) is 0 Å². The van der Waals surface area contributed by atoms with Gasteiger partial charge in [-0.05, 0) is 23.8 Å². The smallest absolute Gasteiger partial charge is 0.125 e. The topological polar surface area (TPSA) is 48.4 Å². The van der Waals surface area contributed by atoms with Gasteiger partial charge in [0.25, 0.3) is 0 Å². The normalized spacial score (nSPS) is 16.4. The number of hydrogen-bond acceptors (Lipinski definition) is 3. The van der Waals surface area contributed by atoms with E-state index in [0.717, 1.165) is 29.2 Å². The average Bonchev–Trinajstić information content (AvgIpc) is 2.94. The lowest BCUT2D eigenvalue weighted by Gasteiger charge is -2.15. The second kappa shape index (κ2) is 3.89. The van der Waals surface area contributed by atoms with Crippen LogP contribution in [0.2, 0.25) is 0 Å². The molecule has 0 atom stereocenters. The van der Waals surface area contributed by atoms with Crippen LogP contribution in [0.3, 0.4) is 0 Å². The third kappa shape index (κ3) is 1.63. The van der Waals surface area contributed by atoms with Gasteiger partial charge in [-0.1, -0.05) is 19.9 Å². The molecule has 0 saturated carbocycles. The molecule has 1 aromatic heterocycles. The maximum Gasteiger partial charge on any atom is 0.125 e. The number of furan rings is 1. The molecule has 0 bridgehead atoms. The highest BCUT2D eigenvalue weighted by Crippen LogP contribution is 2.41. The number of benzene rings is 1. The molecule has 3 heteroatoms. The van der Waals surface area contributed by atoms with Gasteiger partial charge in [0.05, 0.1) is 19.4 Å². The second-order valence-corrected chi connectivity index (χ2v) is 5.35. The van der Waals surface area contributed by atoms with E-state index in [4.69, 9.17) is 14.9 Å². The molecular formula is C15H17NO2. The van der Waals surface area contributed by atoms with Gasteiger partial charge in [0.15, 0.2) is 0 Å². The Morgan fingerprint density at radius 3 is 2.89 bits per heavy atom. The molecule has 0 saturated heterocycles. The van der Waals surface area contributed by atoms with Crippen LogP contribution < -0.4 is 10.5 Å². The van der Waals surface area contributed by atoms with Crippen molar-refractivity contribution in [3.63, 3.8) is 0 Å². The molecule has 94 valence electrons. The first kappa shape index (κ1) is 11.4. The van der Waals surface area contributed by atoms with Gasteiger partial charge in [0.2, 0.25) is 0 Å². The highest BCUT2D eigenvalue weighted by molar-refractivity contribution is 5.68. The highest BCUT2D eigenvalue weighted by atomic mass is 16.5. The lowest BCUT2D eigenvalue weighted by atomic mass is 9.85. The lowest BCUT2D eigenvalue weighted by molar-refractivity contribution is 0.291. The van der Waals surface area contributed by atoms with E-state index in [0.29, 0.717) is 6.54 Å². The Kier molecular flexibility index (Phi) is 2.45.